The summed E-state index contributed by atoms with van der Waals surface area (Å²) in [4.78, 5) is 17.0. The number of halogens is 1. The molecule has 2 N–H and O–H groups in total. The normalized spacial score (nSPS) is 10.3. The molecule has 0 aliphatic carbocycles. The van der Waals surface area contributed by atoms with Gasteiger partial charge in [-0.15, -0.1) is 30.6 Å². The molecule has 0 aromatic rings. The monoisotopic (exact) mass is 370 g/mol. The topological polar surface area (TPSA) is 66.0 Å². The number of aliphatic imine (C=N–C) groups is 1. The Kier molecular flexibility index (Phi) is 13.7. The van der Waals surface area contributed by atoms with Crippen LogP contribution in [0.4, 0.5) is 0 Å². The summed E-state index contributed by atoms with van der Waals surface area (Å²) < 4.78 is 4.92. The van der Waals surface area contributed by atoms with Gasteiger partial charge in [0.1, 0.15) is 6.54 Å². The average molecular weight is 370 g/mol. The van der Waals surface area contributed by atoms with Crippen molar-refractivity contribution < 1.29 is 9.53 Å². The number of likely N-dealkylation sites (N-methyl/N-ethyl adjacent to an activating group) is 1. The number of ether oxygens (including phenoxy) is 1. The molecule has 0 rings (SSSR count). The number of rotatable bonds is 7. The maximum absolute atomic E-state index is 11.4. The zero-order valence-electron chi connectivity index (χ0n) is 11.2. The molecule has 0 aromatic heterocycles. The first-order valence-corrected chi connectivity index (χ1v) is 5.44. The Morgan fingerprint density at radius 2 is 2.11 bits per heavy atom. The highest BCUT2D eigenvalue weighted by Gasteiger charge is 2.03. The zero-order valence-corrected chi connectivity index (χ0v) is 13.6. The van der Waals surface area contributed by atoms with E-state index in [1.165, 1.54) is 4.90 Å². The molecule has 0 aromatic carbocycles. The first-order chi connectivity index (χ1) is 8.11. The van der Waals surface area contributed by atoms with E-state index in [0.717, 1.165) is 0 Å². The Labute approximate surface area is 126 Å². The number of carbonyl (C=O) groups is 1. The van der Waals surface area contributed by atoms with Crippen LogP contribution >= 0.6 is 24.0 Å². The van der Waals surface area contributed by atoms with E-state index in [4.69, 9.17) is 4.74 Å². The van der Waals surface area contributed by atoms with E-state index >= 15 is 0 Å². The Morgan fingerprint density at radius 1 is 1.44 bits per heavy atom. The number of nitrogens with zero attached hydrogens (tertiary/aromatic N) is 2. The van der Waals surface area contributed by atoms with Crippen LogP contribution in [0.1, 0.15) is 0 Å². The number of amides is 1. The molecular formula is C11H23IN4O2. The lowest BCUT2D eigenvalue weighted by molar-refractivity contribution is -0.127. The summed E-state index contributed by atoms with van der Waals surface area (Å²) in [7, 11) is 5.03. The Balaban J connectivity index is 0. The van der Waals surface area contributed by atoms with Crippen LogP contribution in [0.3, 0.4) is 0 Å². The van der Waals surface area contributed by atoms with Crippen molar-refractivity contribution in [2.24, 2.45) is 4.99 Å². The number of hydrogen-bond donors (Lipinski definition) is 2. The Bertz CT molecular complexity index is 270. The van der Waals surface area contributed by atoms with Crippen molar-refractivity contribution in [3.8, 4) is 0 Å². The van der Waals surface area contributed by atoms with Crippen LogP contribution in [0.25, 0.3) is 0 Å². The third-order valence-corrected chi connectivity index (χ3v) is 1.88. The molecule has 0 aliphatic rings. The molecule has 0 unspecified atom stereocenters. The van der Waals surface area contributed by atoms with E-state index in [1.807, 2.05) is 0 Å². The maximum Gasteiger partial charge on any atom is 0.243 e. The number of guanidine groups is 1. The number of nitrogens with one attached hydrogen (secondary N) is 2. The fourth-order valence-electron chi connectivity index (χ4n) is 0.903. The maximum atomic E-state index is 11.4. The van der Waals surface area contributed by atoms with E-state index in [1.54, 1.807) is 27.3 Å². The summed E-state index contributed by atoms with van der Waals surface area (Å²) >= 11 is 0. The summed E-state index contributed by atoms with van der Waals surface area (Å²) in [6.45, 7) is 5.53. The highest BCUT2D eigenvalue weighted by atomic mass is 127. The molecule has 106 valence electrons. The van der Waals surface area contributed by atoms with Crippen LogP contribution in [-0.2, 0) is 9.53 Å². The molecule has 18 heavy (non-hydrogen) atoms. The molecule has 7 heteroatoms. The van der Waals surface area contributed by atoms with Gasteiger partial charge in [0.05, 0.1) is 6.61 Å². The summed E-state index contributed by atoms with van der Waals surface area (Å²) in [5.74, 6) is 0.536. The average Bonchev–Trinajstić information content (AvgIpc) is 2.31. The minimum absolute atomic E-state index is 0. The van der Waals surface area contributed by atoms with E-state index in [2.05, 4.69) is 22.2 Å². The molecule has 0 atom stereocenters. The van der Waals surface area contributed by atoms with Crippen LogP contribution in [0, 0.1) is 0 Å². The quantitative estimate of drug-likeness (QED) is 0.219. The predicted octanol–water partition coefficient (Wildman–Crippen LogP) is 0.0602. The van der Waals surface area contributed by atoms with Crippen LogP contribution < -0.4 is 10.6 Å². The van der Waals surface area contributed by atoms with Gasteiger partial charge in [-0.3, -0.25) is 4.79 Å². The van der Waals surface area contributed by atoms with Crippen LogP contribution in [0.2, 0.25) is 0 Å². The van der Waals surface area contributed by atoms with Crippen molar-refractivity contribution in [2.75, 3.05) is 47.4 Å². The van der Waals surface area contributed by atoms with Gasteiger partial charge in [0.25, 0.3) is 0 Å². The van der Waals surface area contributed by atoms with Crippen molar-refractivity contribution in [2.45, 2.75) is 0 Å². The number of carbonyl (C=O) groups excluding carboxylic acids is 1. The van der Waals surface area contributed by atoms with Crippen molar-refractivity contribution >= 4 is 35.8 Å². The van der Waals surface area contributed by atoms with Gasteiger partial charge < -0.3 is 20.3 Å². The van der Waals surface area contributed by atoms with Crippen LogP contribution in [0.5, 0.6) is 0 Å². The van der Waals surface area contributed by atoms with Gasteiger partial charge in [0.2, 0.25) is 5.91 Å². The fraction of sp³-hybridized carbons (Fsp3) is 0.636. The highest BCUT2D eigenvalue weighted by Crippen LogP contribution is 1.81. The second kappa shape index (κ2) is 12.6. The highest BCUT2D eigenvalue weighted by molar-refractivity contribution is 14.0. The van der Waals surface area contributed by atoms with E-state index in [9.17, 15) is 4.79 Å². The third-order valence-electron chi connectivity index (χ3n) is 1.88. The first kappa shape index (κ1) is 19.5. The van der Waals surface area contributed by atoms with Gasteiger partial charge >= 0.3 is 0 Å². The van der Waals surface area contributed by atoms with Gasteiger partial charge in [-0.2, -0.15) is 0 Å². The standard InChI is InChI=1S/C11H22N4O2.HI/c1-5-6-12-11(13-7-8-17-4)14-9-10(16)15(2)3;/h5H,1,6-9H2,2-4H3,(H2,12,13,14);1H. The lowest BCUT2D eigenvalue weighted by Crippen LogP contribution is -2.40. The van der Waals surface area contributed by atoms with Crippen molar-refractivity contribution in [1.29, 1.82) is 0 Å². The molecule has 0 aliphatic heterocycles. The molecule has 0 spiro atoms. The van der Waals surface area contributed by atoms with Gasteiger partial charge in [-0.05, 0) is 0 Å². The largest absolute Gasteiger partial charge is 0.383 e. The zero-order chi connectivity index (χ0) is 13.1. The molecule has 0 heterocycles. The van der Waals surface area contributed by atoms with Gasteiger partial charge in [-0.25, -0.2) is 4.99 Å². The fourth-order valence-corrected chi connectivity index (χ4v) is 0.903. The van der Waals surface area contributed by atoms with Crippen molar-refractivity contribution in [3.05, 3.63) is 12.7 Å². The van der Waals surface area contributed by atoms with Gasteiger partial charge in [-0.1, -0.05) is 6.08 Å². The first-order valence-electron chi connectivity index (χ1n) is 5.44. The second-order valence-corrected chi connectivity index (χ2v) is 3.54. The summed E-state index contributed by atoms with van der Waals surface area (Å²) in [6, 6.07) is 0. The number of methoxy groups -OCH3 is 1. The predicted molar refractivity (Wildman–Crippen MR) is 84.5 cm³/mol. The molecule has 0 saturated heterocycles. The van der Waals surface area contributed by atoms with Gasteiger partial charge in [0, 0.05) is 34.3 Å². The van der Waals surface area contributed by atoms with E-state index in [0.29, 0.717) is 25.7 Å². The summed E-state index contributed by atoms with van der Waals surface area (Å²) in [5, 5.41) is 6.06. The van der Waals surface area contributed by atoms with Crippen LogP contribution in [0.15, 0.2) is 17.6 Å². The summed E-state index contributed by atoms with van der Waals surface area (Å²) in [5.41, 5.74) is 0. The SMILES string of the molecule is C=CCNC(=NCC(=O)N(C)C)NCCOC.I. The Morgan fingerprint density at radius 3 is 2.61 bits per heavy atom. The Hall–Kier alpha value is -0.830. The van der Waals surface area contributed by atoms with Crippen molar-refractivity contribution in [3.63, 3.8) is 0 Å². The molecular weight excluding hydrogens is 347 g/mol. The molecule has 0 saturated carbocycles. The summed E-state index contributed by atoms with van der Waals surface area (Å²) in [6.07, 6.45) is 1.72. The minimum Gasteiger partial charge on any atom is -0.383 e. The lowest BCUT2D eigenvalue weighted by atomic mass is 10.5. The third kappa shape index (κ3) is 10.3. The molecule has 6 nitrogen and oxygen atoms in total. The molecule has 1 amide bonds. The van der Waals surface area contributed by atoms with Crippen LogP contribution in [-0.4, -0.2) is 64.2 Å². The molecule has 0 fully saturated rings. The van der Waals surface area contributed by atoms with E-state index in [-0.39, 0.29) is 36.4 Å². The smallest absolute Gasteiger partial charge is 0.243 e. The molecule has 0 bridgehead atoms. The number of hydrogen-bond acceptors (Lipinski definition) is 3. The lowest BCUT2D eigenvalue weighted by Gasteiger charge is -2.12. The molecule has 0 radical (unpaired) electrons. The second-order valence-electron chi connectivity index (χ2n) is 3.54. The van der Waals surface area contributed by atoms with Gasteiger partial charge in [0.15, 0.2) is 5.96 Å². The van der Waals surface area contributed by atoms with E-state index < -0.39 is 0 Å². The minimum atomic E-state index is -0.0450. The van der Waals surface area contributed by atoms with Crippen molar-refractivity contribution in [1.82, 2.24) is 15.5 Å².